The number of rotatable bonds is 6. The molecule has 3 aromatic rings. The maximum absolute atomic E-state index is 12.7. The van der Waals surface area contributed by atoms with Crippen LogP contribution in [-0.4, -0.2) is 14.3 Å². The van der Waals surface area contributed by atoms with Crippen LogP contribution < -0.4 is 10.0 Å². The first-order valence-corrected chi connectivity index (χ1v) is 10.4. The fourth-order valence-corrected chi connectivity index (χ4v) is 3.85. The van der Waals surface area contributed by atoms with Crippen LogP contribution in [0, 0.1) is 6.92 Å². The van der Waals surface area contributed by atoms with E-state index in [1.807, 2.05) is 6.92 Å². The van der Waals surface area contributed by atoms with Gasteiger partial charge in [0, 0.05) is 5.02 Å². The second-order valence-corrected chi connectivity index (χ2v) is 8.47. The number of nitrogens with one attached hydrogen (secondary N) is 2. The predicted octanol–water partition coefficient (Wildman–Crippen LogP) is 4.63. The molecule has 0 atom stereocenters. The molecule has 0 aliphatic rings. The summed E-state index contributed by atoms with van der Waals surface area (Å²) in [4.78, 5) is 12.3. The Morgan fingerprint density at radius 1 is 1.07 bits per heavy atom. The Morgan fingerprint density at radius 2 is 1.86 bits per heavy atom. The Morgan fingerprint density at radius 3 is 2.54 bits per heavy atom. The number of carbonyl (C=O) groups excluding carboxylic acids is 1. The number of aryl methyl sites for hydroxylation is 1. The molecule has 2 N–H and O–H groups in total. The molecule has 28 heavy (non-hydrogen) atoms. The van der Waals surface area contributed by atoms with Crippen molar-refractivity contribution >= 4 is 44.8 Å². The monoisotopic (exact) mass is 438 g/mol. The lowest BCUT2D eigenvalue weighted by atomic mass is 10.2. The van der Waals surface area contributed by atoms with Crippen LogP contribution >= 0.6 is 23.2 Å². The third-order valence-electron chi connectivity index (χ3n) is 3.92. The van der Waals surface area contributed by atoms with E-state index in [1.54, 1.807) is 24.3 Å². The van der Waals surface area contributed by atoms with Crippen LogP contribution in [-0.2, 0) is 16.6 Å². The van der Waals surface area contributed by atoms with Crippen LogP contribution in [0.3, 0.4) is 0 Å². The molecular formula is C19H16Cl2N2O4S. The van der Waals surface area contributed by atoms with Gasteiger partial charge in [-0.3, -0.25) is 9.52 Å². The van der Waals surface area contributed by atoms with Crippen molar-refractivity contribution in [1.82, 2.24) is 5.32 Å². The first-order valence-electron chi connectivity index (χ1n) is 8.15. The highest BCUT2D eigenvalue weighted by atomic mass is 35.5. The fourth-order valence-electron chi connectivity index (χ4n) is 2.39. The van der Waals surface area contributed by atoms with Crippen molar-refractivity contribution in [2.45, 2.75) is 18.4 Å². The maximum Gasteiger partial charge on any atom is 0.261 e. The molecule has 146 valence electrons. The summed E-state index contributed by atoms with van der Waals surface area (Å²) in [6, 6.07) is 12.1. The molecule has 9 heteroatoms. The molecule has 1 amide bonds. The Hall–Kier alpha value is -2.48. The lowest BCUT2D eigenvalue weighted by Gasteiger charge is -2.11. The molecule has 1 aromatic heterocycles. The summed E-state index contributed by atoms with van der Waals surface area (Å²) in [7, 11) is -3.94. The van der Waals surface area contributed by atoms with E-state index in [4.69, 9.17) is 27.6 Å². The van der Waals surface area contributed by atoms with Crippen molar-refractivity contribution in [3.05, 3.63) is 81.7 Å². The van der Waals surface area contributed by atoms with Gasteiger partial charge in [0.1, 0.15) is 5.76 Å². The molecule has 0 bridgehead atoms. The number of halogens is 2. The molecule has 0 aliphatic heterocycles. The van der Waals surface area contributed by atoms with Gasteiger partial charge < -0.3 is 9.73 Å². The Bertz CT molecular complexity index is 1110. The smallest absolute Gasteiger partial charge is 0.261 e. The van der Waals surface area contributed by atoms with E-state index < -0.39 is 15.9 Å². The summed E-state index contributed by atoms with van der Waals surface area (Å²) in [5.41, 5.74) is 1.18. The van der Waals surface area contributed by atoms with Crippen molar-refractivity contribution < 1.29 is 17.6 Å². The van der Waals surface area contributed by atoms with Crippen LogP contribution in [0.5, 0.6) is 0 Å². The zero-order chi connectivity index (χ0) is 20.3. The highest BCUT2D eigenvalue weighted by Crippen LogP contribution is 2.25. The van der Waals surface area contributed by atoms with E-state index >= 15 is 0 Å². The predicted molar refractivity (Wildman–Crippen MR) is 108 cm³/mol. The molecule has 0 saturated heterocycles. The second-order valence-electron chi connectivity index (χ2n) is 5.97. The number of sulfonamides is 1. The number of amides is 1. The van der Waals surface area contributed by atoms with Gasteiger partial charge in [-0.15, -0.1) is 0 Å². The van der Waals surface area contributed by atoms with Crippen molar-refractivity contribution in [1.29, 1.82) is 0 Å². The SMILES string of the molecule is Cc1ccc(NS(=O)(=O)c2ccc(Cl)c(C(=O)NCc3ccco3)c2)cc1Cl. The molecule has 0 spiro atoms. The first kappa shape index (κ1) is 20.3. The zero-order valence-corrected chi connectivity index (χ0v) is 17.0. The average molecular weight is 439 g/mol. The molecular weight excluding hydrogens is 423 g/mol. The largest absolute Gasteiger partial charge is 0.467 e. The van der Waals surface area contributed by atoms with Gasteiger partial charge in [0.25, 0.3) is 15.9 Å². The van der Waals surface area contributed by atoms with Gasteiger partial charge in [-0.05, 0) is 55.0 Å². The van der Waals surface area contributed by atoms with Crippen molar-refractivity contribution in [2.75, 3.05) is 4.72 Å². The third-order valence-corrected chi connectivity index (χ3v) is 6.04. The van der Waals surface area contributed by atoms with Gasteiger partial charge >= 0.3 is 0 Å². The van der Waals surface area contributed by atoms with E-state index in [2.05, 4.69) is 10.0 Å². The fraction of sp³-hybridized carbons (Fsp3) is 0.105. The second kappa shape index (κ2) is 8.26. The number of furan rings is 1. The molecule has 0 saturated carbocycles. The minimum Gasteiger partial charge on any atom is -0.467 e. The number of carbonyl (C=O) groups is 1. The van der Waals surface area contributed by atoms with E-state index in [-0.39, 0.29) is 22.0 Å². The van der Waals surface area contributed by atoms with Gasteiger partial charge in [0.2, 0.25) is 0 Å². The minimum atomic E-state index is -3.94. The number of benzene rings is 2. The van der Waals surface area contributed by atoms with Gasteiger partial charge in [0.05, 0.1) is 34.0 Å². The van der Waals surface area contributed by atoms with Crippen molar-refractivity contribution in [2.24, 2.45) is 0 Å². The quantitative estimate of drug-likeness (QED) is 0.587. The van der Waals surface area contributed by atoms with Crippen LogP contribution in [0.1, 0.15) is 21.7 Å². The molecule has 3 rings (SSSR count). The Kier molecular flexibility index (Phi) is 5.98. The third kappa shape index (κ3) is 4.67. The molecule has 0 fully saturated rings. The number of anilines is 1. The standard InChI is InChI=1S/C19H16Cl2N2O4S/c1-12-4-5-13(9-18(12)21)23-28(25,26)15-6-7-17(20)16(10-15)19(24)22-11-14-3-2-8-27-14/h2-10,23H,11H2,1H3,(H,22,24). The summed E-state index contributed by atoms with van der Waals surface area (Å²) in [6.07, 6.45) is 1.49. The average Bonchev–Trinajstić information content (AvgIpc) is 3.16. The molecule has 6 nitrogen and oxygen atoms in total. The van der Waals surface area contributed by atoms with Gasteiger partial charge in [-0.1, -0.05) is 29.3 Å². The van der Waals surface area contributed by atoms with Crippen LogP contribution in [0.15, 0.2) is 64.1 Å². The molecule has 0 radical (unpaired) electrons. The lowest BCUT2D eigenvalue weighted by molar-refractivity contribution is 0.0948. The lowest BCUT2D eigenvalue weighted by Crippen LogP contribution is -2.23. The molecule has 0 aliphatic carbocycles. The van der Waals surface area contributed by atoms with E-state index in [0.717, 1.165) is 5.56 Å². The number of hydrogen-bond acceptors (Lipinski definition) is 4. The highest BCUT2D eigenvalue weighted by Gasteiger charge is 2.19. The van der Waals surface area contributed by atoms with E-state index in [1.165, 1.54) is 30.5 Å². The van der Waals surface area contributed by atoms with Crippen molar-refractivity contribution in [3.8, 4) is 0 Å². The van der Waals surface area contributed by atoms with E-state index in [9.17, 15) is 13.2 Å². The normalized spacial score (nSPS) is 11.2. The summed E-state index contributed by atoms with van der Waals surface area (Å²) >= 11 is 12.1. The van der Waals surface area contributed by atoms with E-state index in [0.29, 0.717) is 16.5 Å². The summed E-state index contributed by atoms with van der Waals surface area (Å²) in [6.45, 7) is 1.96. The summed E-state index contributed by atoms with van der Waals surface area (Å²) in [5.74, 6) is 0.0444. The van der Waals surface area contributed by atoms with Gasteiger partial charge in [-0.25, -0.2) is 8.42 Å². The van der Waals surface area contributed by atoms with Crippen LogP contribution in [0.25, 0.3) is 0 Å². The van der Waals surface area contributed by atoms with Gasteiger partial charge in [-0.2, -0.15) is 0 Å². The summed E-state index contributed by atoms with van der Waals surface area (Å²) in [5, 5.41) is 3.21. The van der Waals surface area contributed by atoms with Crippen molar-refractivity contribution in [3.63, 3.8) is 0 Å². The first-order chi connectivity index (χ1) is 13.3. The molecule has 2 aromatic carbocycles. The van der Waals surface area contributed by atoms with Crippen LogP contribution in [0.2, 0.25) is 10.0 Å². The Labute approximate surface area is 172 Å². The van der Waals surface area contributed by atoms with Gasteiger partial charge in [0.15, 0.2) is 0 Å². The molecule has 0 unspecified atom stereocenters. The maximum atomic E-state index is 12.7. The zero-order valence-electron chi connectivity index (χ0n) is 14.7. The number of hydrogen-bond donors (Lipinski definition) is 2. The summed E-state index contributed by atoms with van der Waals surface area (Å²) < 4.78 is 33.0. The highest BCUT2D eigenvalue weighted by molar-refractivity contribution is 7.92. The minimum absolute atomic E-state index is 0.0398. The Balaban J connectivity index is 1.82. The topological polar surface area (TPSA) is 88.4 Å². The van der Waals surface area contributed by atoms with Crippen LogP contribution in [0.4, 0.5) is 5.69 Å². The molecule has 1 heterocycles.